The highest BCUT2D eigenvalue weighted by Gasteiger charge is 2.19. The molecule has 1 aliphatic rings. The molecule has 0 amide bonds. The Labute approximate surface area is 89.2 Å². The second-order valence-corrected chi connectivity index (χ2v) is 4.15. The molecule has 1 aliphatic carbocycles. The lowest BCUT2D eigenvalue weighted by Gasteiger charge is -2.20. The largest absolute Gasteiger partial charge is 0.508 e. The fourth-order valence-corrected chi connectivity index (χ4v) is 2.08. The number of rotatable bonds is 1. The van der Waals surface area contributed by atoms with Crippen LogP contribution >= 0.6 is 0 Å². The maximum atomic E-state index is 11.4. The zero-order valence-electron chi connectivity index (χ0n) is 8.73. The number of hydrogen-bond donors (Lipinski definition) is 1. The Morgan fingerprint density at radius 2 is 1.87 bits per heavy atom. The number of allylic oxidation sites excluding steroid dienone is 2. The highest BCUT2D eigenvalue weighted by molar-refractivity contribution is 5.91. The summed E-state index contributed by atoms with van der Waals surface area (Å²) >= 11 is 0. The van der Waals surface area contributed by atoms with E-state index in [1.54, 1.807) is 18.2 Å². The van der Waals surface area contributed by atoms with Crippen molar-refractivity contribution < 1.29 is 9.90 Å². The van der Waals surface area contributed by atoms with Gasteiger partial charge < -0.3 is 5.11 Å². The van der Waals surface area contributed by atoms with Crippen LogP contribution in [0, 0.1) is 0 Å². The molecule has 0 spiro atoms. The van der Waals surface area contributed by atoms with Gasteiger partial charge in [-0.05, 0) is 43.0 Å². The lowest BCUT2D eigenvalue weighted by Crippen LogP contribution is -2.11. The zero-order valence-corrected chi connectivity index (χ0v) is 8.73. The number of carbonyl (C=O) groups excluding carboxylic acids is 1. The van der Waals surface area contributed by atoms with Crippen LogP contribution in [-0.4, -0.2) is 10.9 Å². The molecule has 15 heavy (non-hydrogen) atoms. The molecular formula is C13H14O2. The molecule has 0 bridgehead atoms. The van der Waals surface area contributed by atoms with Crippen molar-refractivity contribution in [1.82, 2.24) is 0 Å². The maximum absolute atomic E-state index is 11.4. The maximum Gasteiger partial charge on any atom is 0.156 e. The van der Waals surface area contributed by atoms with Gasteiger partial charge in [-0.2, -0.15) is 0 Å². The summed E-state index contributed by atoms with van der Waals surface area (Å²) in [5.74, 6) is 0.757. The normalized spacial score (nSPS) is 21.3. The van der Waals surface area contributed by atoms with Gasteiger partial charge in [0.05, 0.1) is 0 Å². The van der Waals surface area contributed by atoms with Gasteiger partial charge in [0.1, 0.15) is 5.75 Å². The van der Waals surface area contributed by atoms with Gasteiger partial charge in [-0.15, -0.1) is 0 Å². The number of carbonyl (C=O) groups is 1. The van der Waals surface area contributed by atoms with E-state index in [2.05, 4.69) is 0 Å². The summed E-state index contributed by atoms with van der Waals surface area (Å²) in [5.41, 5.74) is 2.28. The molecule has 1 unspecified atom stereocenters. The fourth-order valence-electron chi connectivity index (χ4n) is 2.08. The van der Waals surface area contributed by atoms with Crippen molar-refractivity contribution in [3.8, 4) is 5.75 Å². The summed E-state index contributed by atoms with van der Waals surface area (Å²) < 4.78 is 0. The summed E-state index contributed by atoms with van der Waals surface area (Å²) in [6.45, 7) is 1.99. The molecule has 1 N–H and O–H groups in total. The van der Waals surface area contributed by atoms with Gasteiger partial charge in [-0.3, -0.25) is 4.79 Å². The second-order valence-electron chi connectivity index (χ2n) is 4.15. The summed E-state index contributed by atoms with van der Waals surface area (Å²) in [6.07, 6.45) is 3.26. The molecule has 1 aromatic rings. The van der Waals surface area contributed by atoms with Crippen LogP contribution in [0.25, 0.3) is 0 Å². The van der Waals surface area contributed by atoms with Crippen molar-refractivity contribution in [3.63, 3.8) is 0 Å². The van der Waals surface area contributed by atoms with E-state index in [9.17, 15) is 9.90 Å². The Hall–Kier alpha value is -1.57. The van der Waals surface area contributed by atoms with Crippen LogP contribution in [0.1, 0.15) is 31.2 Å². The smallest absolute Gasteiger partial charge is 0.156 e. The molecule has 0 saturated carbocycles. The SMILES string of the molecule is CC1=CC(=O)CC(c2ccc(O)cc2)C1. The zero-order chi connectivity index (χ0) is 10.8. The van der Waals surface area contributed by atoms with Gasteiger partial charge in [0.2, 0.25) is 0 Å². The van der Waals surface area contributed by atoms with Crippen LogP contribution in [0.2, 0.25) is 0 Å². The van der Waals surface area contributed by atoms with Gasteiger partial charge in [-0.25, -0.2) is 0 Å². The highest BCUT2D eigenvalue weighted by Crippen LogP contribution is 2.31. The third-order valence-electron chi connectivity index (χ3n) is 2.79. The molecule has 0 saturated heterocycles. The average molecular weight is 202 g/mol. The summed E-state index contributed by atoms with van der Waals surface area (Å²) in [4.78, 5) is 11.4. The lowest BCUT2D eigenvalue weighted by atomic mass is 9.84. The van der Waals surface area contributed by atoms with E-state index in [4.69, 9.17) is 0 Å². The van der Waals surface area contributed by atoms with E-state index in [0.29, 0.717) is 6.42 Å². The van der Waals surface area contributed by atoms with Crippen molar-refractivity contribution in [2.24, 2.45) is 0 Å². The number of ketones is 1. The highest BCUT2D eigenvalue weighted by atomic mass is 16.3. The van der Waals surface area contributed by atoms with Crippen LogP contribution in [0.15, 0.2) is 35.9 Å². The molecule has 78 valence electrons. The predicted molar refractivity (Wildman–Crippen MR) is 58.8 cm³/mol. The Kier molecular flexibility index (Phi) is 2.58. The summed E-state index contributed by atoms with van der Waals surface area (Å²) in [6, 6.07) is 7.14. The molecule has 0 heterocycles. The van der Waals surface area contributed by atoms with Crippen molar-refractivity contribution >= 4 is 5.78 Å². The standard InChI is InChI=1S/C13H14O2/c1-9-6-11(8-13(15)7-9)10-2-4-12(14)5-3-10/h2-5,7,11,14H,6,8H2,1H3. The van der Waals surface area contributed by atoms with E-state index in [0.717, 1.165) is 17.6 Å². The minimum absolute atomic E-state index is 0.205. The first-order chi connectivity index (χ1) is 7.15. The fraction of sp³-hybridized carbons (Fsp3) is 0.308. The van der Waals surface area contributed by atoms with Crippen LogP contribution in [-0.2, 0) is 4.79 Å². The number of hydrogen-bond acceptors (Lipinski definition) is 2. The summed E-state index contributed by atoms with van der Waals surface area (Å²) in [5, 5.41) is 9.18. The van der Waals surface area contributed by atoms with Gasteiger partial charge >= 0.3 is 0 Å². The molecule has 0 aromatic heterocycles. The monoisotopic (exact) mass is 202 g/mol. The van der Waals surface area contributed by atoms with Gasteiger partial charge in [0.25, 0.3) is 0 Å². The Morgan fingerprint density at radius 3 is 2.47 bits per heavy atom. The molecule has 0 aliphatic heterocycles. The first-order valence-electron chi connectivity index (χ1n) is 5.14. The van der Waals surface area contributed by atoms with E-state index in [-0.39, 0.29) is 17.5 Å². The third-order valence-corrected chi connectivity index (χ3v) is 2.79. The summed E-state index contributed by atoms with van der Waals surface area (Å²) in [7, 11) is 0. The van der Waals surface area contributed by atoms with Crippen molar-refractivity contribution in [3.05, 3.63) is 41.5 Å². The Balaban J connectivity index is 2.22. The minimum atomic E-state index is 0.205. The lowest BCUT2D eigenvalue weighted by molar-refractivity contribution is -0.115. The second kappa shape index (κ2) is 3.89. The Bertz CT molecular complexity index is 401. The molecular weight excluding hydrogens is 188 g/mol. The van der Waals surface area contributed by atoms with E-state index in [1.165, 1.54) is 0 Å². The molecule has 2 rings (SSSR count). The van der Waals surface area contributed by atoms with Crippen molar-refractivity contribution in [2.45, 2.75) is 25.7 Å². The predicted octanol–water partition coefficient (Wildman–Crippen LogP) is 2.79. The molecule has 2 nitrogen and oxygen atoms in total. The van der Waals surface area contributed by atoms with Crippen LogP contribution in [0.3, 0.4) is 0 Å². The van der Waals surface area contributed by atoms with E-state index >= 15 is 0 Å². The van der Waals surface area contributed by atoms with E-state index < -0.39 is 0 Å². The molecule has 0 fully saturated rings. The topological polar surface area (TPSA) is 37.3 Å². The molecule has 0 radical (unpaired) electrons. The number of phenolic OH excluding ortho intramolecular Hbond substituents is 1. The molecule has 1 atom stereocenters. The number of benzene rings is 1. The quantitative estimate of drug-likeness (QED) is 0.760. The van der Waals surface area contributed by atoms with Crippen LogP contribution in [0.5, 0.6) is 5.75 Å². The number of aromatic hydroxyl groups is 1. The van der Waals surface area contributed by atoms with Gasteiger partial charge in [0.15, 0.2) is 5.78 Å². The first kappa shape index (κ1) is 9.97. The van der Waals surface area contributed by atoms with E-state index in [1.807, 2.05) is 19.1 Å². The van der Waals surface area contributed by atoms with Gasteiger partial charge in [0, 0.05) is 6.42 Å². The molecule has 2 heteroatoms. The Morgan fingerprint density at radius 1 is 1.20 bits per heavy atom. The number of phenols is 1. The van der Waals surface area contributed by atoms with Crippen LogP contribution in [0.4, 0.5) is 0 Å². The van der Waals surface area contributed by atoms with Crippen molar-refractivity contribution in [2.75, 3.05) is 0 Å². The third kappa shape index (κ3) is 2.27. The van der Waals surface area contributed by atoms with Crippen molar-refractivity contribution in [1.29, 1.82) is 0 Å². The average Bonchev–Trinajstić information content (AvgIpc) is 2.17. The molecule has 1 aromatic carbocycles. The van der Waals surface area contributed by atoms with Gasteiger partial charge in [-0.1, -0.05) is 17.7 Å². The first-order valence-corrected chi connectivity index (χ1v) is 5.14. The minimum Gasteiger partial charge on any atom is -0.508 e. The van der Waals surface area contributed by atoms with Crippen LogP contribution < -0.4 is 0 Å².